The van der Waals surface area contributed by atoms with E-state index in [-0.39, 0.29) is 17.6 Å². The predicted octanol–water partition coefficient (Wildman–Crippen LogP) is 0.230. The Balaban J connectivity index is 2.56. The number of carbonyl (C=O) groups is 1. The minimum atomic E-state index is -0.268. The van der Waals surface area contributed by atoms with Crippen molar-refractivity contribution in [2.75, 3.05) is 33.3 Å². The van der Waals surface area contributed by atoms with Crippen LogP contribution in [0.5, 0.6) is 0 Å². The van der Waals surface area contributed by atoms with Crippen LogP contribution in [0.2, 0.25) is 0 Å². The topological polar surface area (TPSA) is 58.8 Å². The van der Waals surface area contributed by atoms with Gasteiger partial charge in [-0.05, 0) is 20.8 Å². The fraction of sp³-hybridized carbons (Fsp3) is 0.833. The maximum absolute atomic E-state index is 11.5. The van der Waals surface area contributed by atoms with Gasteiger partial charge in [0.05, 0.1) is 17.6 Å². The molecule has 1 aliphatic rings. The summed E-state index contributed by atoms with van der Waals surface area (Å²) in [4.78, 5) is 16.4. The Kier molecular flexibility index (Phi) is 5.07. The van der Waals surface area contributed by atoms with E-state index in [0.717, 1.165) is 26.2 Å². The fourth-order valence-electron chi connectivity index (χ4n) is 2.14. The summed E-state index contributed by atoms with van der Waals surface area (Å²) in [6, 6.07) is -0.190. The van der Waals surface area contributed by atoms with Crippen molar-refractivity contribution in [3.63, 3.8) is 0 Å². The number of piperazine rings is 1. The molecule has 0 amide bonds. The fourth-order valence-corrected chi connectivity index (χ4v) is 2.27. The Bertz CT molecular complexity index is 325. The first-order valence-electron chi connectivity index (χ1n) is 6.17. The summed E-state index contributed by atoms with van der Waals surface area (Å²) in [6.07, 6.45) is 0. The minimum absolute atomic E-state index is 0.183. The molecule has 1 rings (SSSR count). The van der Waals surface area contributed by atoms with Gasteiger partial charge in [0.1, 0.15) is 6.04 Å². The molecule has 0 radical (unpaired) electrons. The second-order valence-corrected chi connectivity index (χ2v) is 5.59. The second kappa shape index (κ2) is 5.95. The van der Waals surface area contributed by atoms with Crippen molar-refractivity contribution in [2.45, 2.75) is 32.4 Å². The lowest BCUT2D eigenvalue weighted by Gasteiger charge is -2.44. The molecule has 0 aromatic rings. The molecule has 0 saturated carbocycles. The van der Waals surface area contributed by atoms with Gasteiger partial charge in [-0.1, -0.05) is 12.2 Å². The zero-order valence-corrected chi connectivity index (χ0v) is 12.4. The minimum Gasteiger partial charge on any atom is -0.468 e. The molecule has 18 heavy (non-hydrogen) atoms. The maximum atomic E-state index is 11.5. The first kappa shape index (κ1) is 15.3. The van der Waals surface area contributed by atoms with Crippen LogP contribution in [0.1, 0.15) is 20.8 Å². The van der Waals surface area contributed by atoms with E-state index >= 15 is 0 Å². The lowest BCUT2D eigenvalue weighted by atomic mass is 10.0. The van der Waals surface area contributed by atoms with E-state index in [2.05, 4.69) is 9.80 Å². The number of carbonyl (C=O) groups excluding carboxylic acids is 1. The van der Waals surface area contributed by atoms with E-state index in [1.165, 1.54) is 7.11 Å². The molecular weight excluding hydrogens is 250 g/mol. The van der Waals surface area contributed by atoms with Gasteiger partial charge in [0.15, 0.2) is 0 Å². The van der Waals surface area contributed by atoms with Crippen LogP contribution in [-0.4, -0.2) is 65.6 Å². The number of ether oxygens (including phenoxy) is 1. The Morgan fingerprint density at radius 1 is 1.33 bits per heavy atom. The number of methoxy groups -OCH3 is 1. The molecule has 104 valence electrons. The highest BCUT2D eigenvalue weighted by molar-refractivity contribution is 7.80. The van der Waals surface area contributed by atoms with Crippen LogP contribution in [-0.2, 0) is 9.53 Å². The van der Waals surface area contributed by atoms with Crippen molar-refractivity contribution in [1.82, 2.24) is 9.80 Å². The summed E-state index contributed by atoms with van der Waals surface area (Å²) < 4.78 is 4.76. The molecule has 0 aliphatic carbocycles. The lowest BCUT2D eigenvalue weighted by Crippen LogP contribution is -2.60. The summed E-state index contributed by atoms with van der Waals surface area (Å²) in [5.74, 6) is -0.183. The van der Waals surface area contributed by atoms with Crippen molar-refractivity contribution in [2.24, 2.45) is 5.73 Å². The molecule has 0 bridgehead atoms. The highest BCUT2D eigenvalue weighted by atomic mass is 32.1. The third-order valence-corrected chi connectivity index (χ3v) is 4.30. The van der Waals surface area contributed by atoms with Gasteiger partial charge in [0.2, 0.25) is 0 Å². The van der Waals surface area contributed by atoms with Gasteiger partial charge in [-0.3, -0.25) is 14.6 Å². The Labute approximate surface area is 114 Å². The third-order valence-electron chi connectivity index (χ3n) is 3.80. The van der Waals surface area contributed by atoms with Crippen LogP contribution >= 0.6 is 12.2 Å². The molecule has 1 atom stereocenters. The predicted molar refractivity (Wildman–Crippen MR) is 75.5 cm³/mol. The van der Waals surface area contributed by atoms with Crippen LogP contribution < -0.4 is 5.73 Å². The van der Waals surface area contributed by atoms with Gasteiger partial charge in [-0.2, -0.15) is 0 Å². The zero-order chi connectivity index (χ0) is 13.9. The van der Waals surface area contributed by atoms with Crippen LogP contribution in [0.25, 0.3) is 0 Å². The summed E-state index contributed by atoms with van der Waals surface area (Å²) in [5, 5.41) is 0. The number of esters is 1. The quantitative estimate of drug-likeness (QED) is 0.584. The van der Waals surface area contributed by atoms with Crippen molar-refractivity contribution >= 4 is 23.2 Å². The number of nitrogens with zero attached hydrogens (tertiary/aromatic N) is 2. The molecule has 1 heterocycles. The van der Waals surface area contributed by atoms with Gasteiger partial charge in [-0.25, -0.2) is 0 Å². The van der Waals surface area contributed by atoms with Crippen molar-refractivity contribution in [3.8, 4) is 0 Å². The van der Waals surface area contributed by atoms with Gasteiger partial charge in [-0.15, -0.1) is 0 Å². The molecule has 0 spiro atoms. The second-order valence-electron chi connectivity index (χ2n) is 5.15. The van der Waals surface area contributed by atoms with Crippen molar-refractivity contribution < 1.29 is 9.53 Å². The average Bonchev–Trinajstić information content (AvgIpc) is 2.36. The Morgan fingerprint density at radius 3 is 2.22 bits per heavy atom. The van der Waals surface area contributed by atoms with Gasteiger partial charge < -0.3 is 10.5 Å². The number of hydrogen-bond donors (Lipinski definition) is 1. The highest BCUT2D eigenvalue weighted by Crippen LogP contribution is 2.18. The molecule has 1 saturated heterocycles. The summed E-state index contributed by atoms with van der Waals surface area (Å²) in [7, 11) is 1.42. The van der Waals surface area contributed by atoms with Crippen LogP contribution in [0.15, 0.2) is 0 Å². The Morgan fingerprint density at radius 2 is 1.83 bits per heavy atom. The van der Waals surface area contributed by atoms with Crippen LogP contribution in [0.3, 0.4) is 0 Å². The molecule has 0 aromatic heterocycles. The van der Waals surface area contributed by atoms with Gasteiger partial charge >= 0.3 is 5.97 Å². The number of rotatable bonds is 4. The molecule has 0 aromatic carbocycles. The molecule has 1 fully saturated rings. The molecule has 6 heteroatoms. The number of hydrogen-bond acceptors (Lipinski definition) is 5. The van der Waals surface area contributed by atoms with Crippen molar-refractivity contribution in [1.29, 1.82) is 0 Å². The zero-order valence-electron chi connectivity index (χ0n) is 11.6. The van der Waals surface area contributed by atoms with E-state index in [1.54, 1.807) is 0 Å². The standard InChI is InChI=1S/C12H23N3O2S/c1-9(10(16)17-4)14-5-7-15(8-6-14)12(2,3)11(13)18/h9H,5-8H2,1-4H3,(H2,13,18). The highest BCUT2D eigenvalue weighted by Gasteiger charge is 2.34. The first-order chi connectivity index (χ1) is 8.30. The SMILES string of the molecule is COC(=O)C(C)N1CCN(C(C)(C)C(N)=S)CC1. The summed E-state index contributed by atoms with van der Waals surface area (Å²) in [6.45, 7) is 9.30. The van der Waals surface area contributed by atoms with Crippen LogP contribution in [0, 0.1) is 0 Å². The van der Waals surface area contributed by atoms with E-state index in [1.807, 2.05) is 20.8 Å². The van der Waals surface area contributed by atoms with E-state index in [0.29, 0.717) is 4.99 Å². The van der Waals surface area contributed by atoms with Gasteiger partial charge in [0, 0.05) is 26.2 Å². The number of thiocarbonyl (C=S) groups is 1. The summed E-state index contributed by atoms with van der Waals surface area (Å²) >= 11 is 5.10. The molecule has 1 unspecified atom stereocenters. The smallest absolute Gasteiger partial charge is 0.322 e. The Hall–Kier alpha value is -0.720. The first-order valence-corrected chi connectivity index (χ1v) is 6.58. The average molecular weight is 273 g/mol. The summed E-state index contributed by atoms with van der Waals surface area (Å²) in [5.41, 5.74) is 5.50. The van der Waals surface area contributed by atoms with E-state index < -0.39 is 0 Å². The normalized spacial score (nSPS) is 20.4. The largest absolute Gasteiger partial charge is 0.468 e. The van der Waals surface area contributed by atoms with Crippen molar-refractivity contribution in [3.05, 3.63) is 0 Å². The molecule has 5 nitrogen and oxygen atoms in total. The lowest BCUT2D eigenvalue weighted by molar-refractivity contribution is -0.147. The number of nitrogens with two attached hydrogens (primary N) is 1. The van der Waals surface area contributed by atoms with E-state index in [4.69, 9.17) is 22.7 Å². The van der Waals surface area contributed by atoms with Gasteiger partial charge in [0.25, 0.3) is 0 Å². The maximum Gasteiger partial charge on any atom is 0.322 e. The molecular formula is C12H23N3O2S. The molecule has 1 aliphatic heterocycles. The monoisotopic (exact) mass is 273 g/mol. The molecule has 2 N–H and O–H groups in total. The third kappa shape index (κ3) is 3.18. The van der Waals surface area contributed by atoms with E-state index in [9.17, 15) is 4.79 Å². The van der Waals surface area contributed by atoms with Crippen LogP contribution in [0.4, 0.5) is 0 Å².